The zero-order valence-corrected chi connectivity index (χ0v) is 11.5. The van der Waals surface area contributed by atoms with Crippen molar-refractivity contribution in [1.29, 1.82) is 0 Å². The smallest absolute Gasteiger partial charge is 0.168 e. The zero-order valence-electron chi connectivity index (χ0n) is 11.5. The van der Waals surface area contributed by atoms with Crippen LogP contribution in [0.3, 0.4) is 0 Å². The van der Waals surface area contributed by atoms with Gasteiger partial charge in [-0.1, -0.05) is 12.1 Å². The molecule has 0 saturated heterocycles. The third kappa shape index (κ3) is 2.67. The van der Waals surface area contributed by atoms with E-state index in [4.69, 9.17) is 0 Å². The van der Waals surface area contributed by atoms with Gasteiger partial charge in [0, 0.05) is 11.1 Å². The molecular weight excluding hydrogens is 313 g/mol. The van der Waals surface area contributed by atoms with Crippen molar-refractivity contribution in [3.8, 4) is 22.5 Å². The van der Waals surface area contributed by atoms with Crippen molar-refractivity contribution in [2.45, 2.75) is 0 Å². The molecule has 1 aromatic heterocycles. The van der Waals surface area contributed by atoms with Crippen LogP contribution < -0.4 is 0 Å². The van der Waals surface area contributed by atoms with E-state index >= 15 is 0 Å². The number of hydrogen-bond acceptors (Lipinski definition) is 1. The molecule has 0 aliphatic carbocycles. The zero-order chi connectivity index (χ0) is 16.6. The highest BCUT2D eigenvalue weighted by Crippen LogP contribution is 2.29. The molecule has 1 nitrogen and oxygen atoms in total. The van der Waals surface area contributed by atoms with Gasteiger partial charge in [-0.25, -0.2) is 26.9 Å². The Bertz CT molecular complexity index is 892. The molecule has 0 spiro atoms. The van der Waals surface area contributed by atoms with Crippen molar-refractivity contribution in [2.75, 3.05) is 0 Å². The quantitative estimate of drug-likeness (QED) is 0.598. The summed E-state index contributed by atoms with van der Waals surface area (Å²) in [4.78, 5) is 3.83. The third-order valence-corrected chi connectivity index (χ3v) is 3.28. The van der Waals surface area contributed by atoms with Gasteiger partial charge in [-0.05, 0) is 36.4 Å². The summed E-state index contributed by atoms with van der Waals surface area (Å²) >= 11 is 0. The molecule has 0 saturated carbocycles. The van der Waals surface area contributed by atoms with Crippen molar-refractivity contribution in [1.82, 2.24) is 4.98 Å². The van der Waals surface area contributed by atoms with E-state index in [-0.39, 0.29) is 11.3 Å². The highest BCUT2D eigenvalue weighted by molar-refractivity contribution is 5.67. The second-order valence-electron chi connectivity index (χ2n) is 4.73. The summed E-state index contributed by atoms with van der Waals surface area (Å²) < 4.78 is 68.2. The molecule has 0 N–H and O–H groups in total. The molecule has 0 amide bonds. The van der Waals surface area contributed by atoms with E-state index in [1.54, 1.807) is 0 Å². The van der Waals surface area contributed by atoms with E-state index in [9.17, 15) is 22.0 Å². The van der Waals surface area contributed by atoms with E-state index in [0.29, 0.717) is 0 Å². The standard InChI is InChI=1S/C17H8F5N/c18-11-5-1-3-9(15(11)21)14-8-7-13(20)17(23-14)10-4-2-6-12(19)16(10)22/h1-8H. The highest BCUT2D eigenvalue weighted by Gasteiger charge is 2.18. The second kappa shape index (κ2) is 5.79. The molecule has 3 rings (SSSR count). The maximum Gasteiger partial charge on any atom is 0.168 e. The molecule has 0 bridgehead atoms. The van der Waals surface area contributed by atoms with Gasteiger partial charge < -0.3 is 0 Å². The van der Waals surface area contributed by atoms with E-state index in [1.807, 2.05) is 0 Å². The van der Waals surface area contributed by atoms with Crippen LogP contribution in [0.1, 0.15) is 0 Å². The first kappa shape index (κ1) is 15.1. The Hall–Kier alpha value is -2.76. The molecule has 0 radical (unpaired) electrons. The van der Waals surface area contributed by atoms with Crippen molar-refractivity contribution < 1.29 is 22.0 Å². The molecule has 0 unspecified atom stereocenters. The van der Waals surface area contributed by atoms with Gasteiger partial charge in [0.2, 0.25) is 0 Å². The first-order valence-electron chi connectivity index (χ1n) is 6.54. The van der Waals surface area contributed by atoms with Crippen molar-refractivity contribution in [2.24, 2.45) is 0 Å². The van der Waals surface area contributed by atoms with Crippen LogP contribution in [0.4, 0.5) is 22.0 Å². The Balaban J connectivity index is 2.21. The summed E-state index contributed by atoms with van der Waals surface area (Å²) in [7, 11) is 0. The largest absolute Gasteiger partial charge is 0.244 e. The van der Waals surface area contributed by atoms with Crippen molar-refractivity contribution in [3.05, 3.63) is 77.6 Å². The van der Waals surface area contributed by atoms with Gasteiger partial charge in [0.1, 0.15) is 11.5 Å². The number of pyridine rings is 1. The summed E-state index contributed by atoms with van der Waals surface area (Å²) in [5, 5.41) is 0. The molecule has 0 aliphatic rings. The highest BCUT2D eigenvalue weighted by atomic mass is 19.2. The Kier molecular flexibility index (Phi) is 3.82. The number of hydrogen-bond donors (Lipinski definition) is 0. The Morgan fingerprint density at radius 1 is 0.565 bits per heavy atom. The van der Waals surface area contributed by atoms with E-state index in [1.165, 1.54) is 18.2 Å². The average Bonchev–Trinajstić information content (AvgIpc) is 2.54. The average molecular weight is 321 g/mol. The molecular formula is C17H8F5N. The fourth-order valence-electron chi connectivity index (χ4n) is 2.17. The Morgan fingerprint density at radius 2 is 1.13 bits per heavy atom. The lowest BCUT2D eigenvalue weighted by Gasteiger charge is -2.09. The maximum atomic E-state index is 13.9. The number of halogens is 5. The Labute approximate surface area is 128 Å². The summed E-state index contributed by atoms with van der Waals surface area (Å²) in [5.41, 5.74) is -1.19. The minimum absolute atomic E-state index is 0.0953. The van der Waals surface area contributed by atoms with Crippen molar-refractivity contribution >= 4 is 0 Å². The molecule has 0 aliphatic heterocycles. The molecule has 116 valence electrons. The summed E-state index contributed by atoms with van der Waals surface area (Å²) in [5.74, 6) is -5.58. The normalized spacial score (nSPS) is 10.8. The van der Waals surface area contributed by atoms with Crippen LogP contribution in [0.15, 0.2) is 48.5 Å². The fraction of sp³-hybridized carbons (Fsp3) is 0. The molecule has 23 heavy (non-hydrogen) atoms. The number of nitrogens with zero attached hydrogens (tertiary/aromatic N) is 1. The first-order chi connectivity index (χ1) is 11.0. The van der Waals surface area contributed by atoms with E-state index in [2.05, 4.69) is 4.98 Å². The number of rotatable bonds is 2. The molecule has 2 aromatic carbocycles. The minimum atomic E-state index is -1.27. The van der Waals surface area contributed by atoms with Gasteiger partial charge in [-0.15, -0.1) is 0 Å². The van der Waals surface area contributed by atoms with Gasteiger partial charge in [0.05, 0.1) is 5.69 Å². The number of benzene rings is 2. The third-order valence-electron chi connectivity index (χ3n) is 3.28. The lowest BCUT2D eigenvalue weighted by atomic mass is 10.1. The monoisotopic (exact) mass is 321 g/mol. The molecule has 3 aromatic rings. The van der Waals surface area contributed by atoms with Gasteiger partial charge >= 0.3 is 0 Å². The predicted octanol–water partition coefficient (Wildman–Crippen LogP) is 5.11. The molecule has 6 heteroatoms. The molecule has 0 atom stereocenters. The fourth-order valence-corrected chi connectivity index (χ4v) is 2.17. The lowest BCUT2D eigenvalue weighted by molar-refractivity contribution is 0.509. The Morgan fingerprint density at radius 3 is 1.78 bits per heavy atom. The van der Waals surface area contributed by atoms with Gasteiger partial charge in [-0.2, -0.15) is 0 Å². The SMILES string of the molecule is Fc1ccc(-c2cccc(F)c2F)nc1-c1cccc(F)c1F. The van der Waals surface area contributed by atoms with Crippen LogP contribution in [-0.4, -0.2) is 4.98 Å². The maximum absolute atomic E-state index is 13.9. The summed E-state index contributed by atoms with van der Waals surface area (Å²) in [6, 6.07) is 8.74. The summed E-state index contributed by atoms with van der Waals surface area (Å²) in [6.45, 7) is 0. The minimum Gasteiger partial charge on any atom is -0.244 e. The van der Waals surface area contributed by atoms with E-state index in [0.717, 1.165) is 30.3 Å². The van der Waals surface area contributed by atoms with Gasteiger partial charge in [0.15, 0.2) is 23.3 Å². The van der Waals surface area contributed by atoms with Crippen molar-refractivity contribution in [3.63, 3.8) is 0 Å². The van der Waals surface area contributed by atoms with Gasteiger partial charge in [0.25, 0.3) is 0 Å². The topological polar surface area (TPSA) is 12.9 Å². The van der Waals surface area contributed by atoms with Crippen LogP contribution >= 0.6 is 0 Å². The van der Waals surface area contributed by atoms with Crippen LogP contribution in [0, 0.1) is 29.1 Å². The number of aromatic nitrogens is 1. The van der Waals surface area contributed by atoms with Crippen LogP contribution in [-0.2, 0) is 0 Å². The van der Waals surface area contributed by atoms with Gasteiger partial charge in [-0.3, -0.25) is 0 Å². The molecule has 1 heterocycles. The summed E-state index contributed by atoms with van der Waals surface area (Å²) in [6.07, 6.45) is 0. The van der Waals surface area contributed by atoms with Crippen LogP contribution in [0.2, 0.25) is 0 Å². The first-order valence-corrected chi connectivity index (χ1v) is 6.54. The second-order valence-corrected chi connectivity index (χ2v) is 4.73. The van der Waals surface area contributed by atoms with Crippen LogP contribution in [0.5, 0.6) is 0 Å². The predicted molar refractivity (Wildman–Crippen MR) is 74.9 cm³/mol. The van der Waals surface area contributed by atoms with Crippen LogP contribution in [0.25, 0.3) is 22.5 Å². The molecule has 0 fully saturated rings. The lowest BCUT2D eigenvalue weighted by Crippen LogP contribution is -1.98. The van der Waals surface area contributed by atoms with E-state index < -0.39 is 40.3 Å².